The van der Waals surface area contributed by atoms with Gasteiger partial charge in [-0.05, 0) is 13.0 Å². The molecule has 0 bridgehead atoms. The Morgan fingerprint density at radius 3 is 2.17 bits per heavy atom. The fraction of sp³-hybridized carbons (Fsp3) is 0.867. The Hall–Kier alpha value is -1.31. The molecule has 1 unspecified atom stereocenters. The summed E-state index contributed by atoms with van der Waals surface area (Å²) in [5, 5.41) is 4.58. The maximum Gasteiger partial charge on any atom is 0.405 e. The molecule has 0 aromatic heterocycles. The van der Waals surface area contributed by atoms with Crippen LogP contribution in [0.4, 0.5) is 13.2 Å². The molecule has 0 rings (SSSR count). The SMILES string of the molecule is CCCCCCCC(=O)N[C@H](CC(N)=O)C(NCC)C(F)(F)F. The van der Waals surface area contributed by atoms with Gasteiger partial charge >= 0.3 is 6.18 Å². The standard InChI is InChI=1S/C15H28F3N3O2/c1-3-5-6-7-8-9-13(23)21-11(10-12(19)22)14(20-4-2)15(16,17)18/h11,14,20H,3-10H2,1-2H3,(H2,19,22)(H,21,23)/t11-,14?/m1/s1. The second-order valence-electron chi connectivity index (χ2n) is 5.59. The molecule has 0 aromatic rings. The minimum Gasteiger partial charge on any atom is -0.370 e. The van der Waals surface area contributed by atoms with Crippen molar-refractivity contribution >= 4 is 11.8 Å². The first kappa shape index (κ1) is 21.7. The summed E-state index contributed by atoms with van der Waals surface area (Å²) in [6.45, 7) is 3.65. The van der Waals surface area contributed by atoms with Crippen molar-refractivity contribution in [3.63, 3.8) is 0 Å². The Morgan fingerprint density at radius 2 is 1.70 bits per heavy atom. The highest BCUT2D eigenvalue weighted by Crippen LogP contribution is 2.24. The average molecular weight is 339 g/mol. The zero-order valence-electron chi connectivity index (χ0n) is 13.8. The Labute approximate surface area is 135 Å². The van der Waals surface area contributed by atoms with E-state index < -0.39 is 36.5 Å². The summed E-state index contributed by atoms with van der Waals surface area (Å²) >= 11 is 0. The number of primary amides is 1. The molecule has 0 spiro atoms. The van der Waals surface area contributed by atoms with Crippen LogP contribution in [0.5, 0.6) is 0 Å². The van der Waals surface area contributed by atoms with E-state index in [2.05, 4.69) is 17.6 Å². The lowest BCUT2D eigenvalue weighted by molar-refractivity contribution is -0.164. The van der Waals surface area contributed by atoms with Gasteiger partial charge < -0.3 is 16.4 Å². The first-order valence-electron chi connectivity index (χ1n) is 8.10. The fourth-order valence-corrected chi connectivity index (χ4v) is 2.34. The van der Waals surface area contributed by atoms with E-state index in [0.29, 0.717) is 6.42 Å². The van der Waals surface area contributed by atoms with Gasteiger partial charge in [-0.15, -0.1) is 0 Å². The van der Waals surface area contributed by atoms with Crippen LogP contribution in [0.3, 0.4) is 0 Å². The minimum absolute atomic E-state index is 0.0618. The predicted molar refractivity (Wildman–Crippen MR) is 82.6 cm³/mol. The fourth-order valence-electron chi connectivity index (χ4n) is 2.34. The zero-order valence-corrected chi connectivity index (χ0v) is 13.8. The van der Waals surface area contributed by atoms with Crippen molar-refractivity contribution in [2.24, 2.45) is 5.73 Å². The van der Waals surface area contributed by atoms with Crippen molar-refractivity contribution in [3.8, 4) is 0 Å². The van der Waals surface area contributed by atoms with Crippen molar-refractivity contribution in [2.75, 3.05) is 6.54 Å². The molecule has 0 aliphatic carbocycles. The van der Waals surface area contributed by atoms with Crippen molar-refractivity contribution in [3.05, 3.63) is 0 Å². The third-order valence-electron chi connectivity index (χ3n) is 3.45. The van der Waals surface area contributed by atoms with Crippen molar-refractivity contribution in [2.45, 2.75) is 77.1 Å². The number of alkyl halides is 3. The molecule has 0 saturated heterocycles. The molecule has 0 fully saturated rings. The van der Waals surface area contributed by atoms with E-state index in [1.165, 1.54) is 6.92 Å². The van der Waals surface area contributed by atoms with E-state index in [-0.39, 0.29) is 13.0 Å². The molecule has 2 atom stereocenters. The number of halogens is 3. The highest BCUT2D eigenvalue weighted by molar-refractivity contribution is 5.79. The predicted octanol–water partition coefficient (Wildman–Crippen LogP) is 2.25. The topological polar surface area (TPSA) is 84.2 Å². The Kier molecular flexibility index (Phi) is 10.6. The van der Waals surface area contributed by atoms with Gasteiger partial charge in [0.2, 0.25) is 11.8 Å². The number of hydrogen-bond donors (Lipinski definition) is 3. The van der Waals surface area contributed by atoms with Crippen molar-refractivity contribution in [1.29, 1.82) is 0 Å². The highest BCUT2D eigenvalue weighted by atomic mass is 19.4. The Morgan fingerprint density at radius 1 is 1.09 bits per heavy atom. The summed E-state index contributed by atoms with van der Waals surface area (Å²) in [6, 6.07) is -3.39. The van der Waals surface area contributed by atoms with Crippen LogP contribution in [-0.2, 0) is 9.59 Å². The van der Waals surface area contributed by atoms with Crippen LogP contribution in [0.1, 0.15) is 58.8 Å². The second kappa shape index (κ2) is 11.3. The van der Waals surface area contributed by atoms with Crippen molar-refractivity contribution in [1.82, 2.24) is 10.6 Å². The number of nitrogens with two attached hydrogens (primary N) is 1. The van der Waals surface area contributed by atoms with Crippen LogP contribution in [0, 0.1) is 0 Å². The first-order valence-corrected chi connectivity index (χ1v) is 8.10. The maximum absolute atomic E-state index is 13.1. The molecule has 0 aliphatic heterocycles. The van der Waals surface area contributed by atoms with Gasteiger partial charge in [-0.2, -0.15) is 13.2 Å². The van der Waals surface area contributed by atoms with Gasteiger partial charge in [0.15, 0.2) is 0 Å². The number of rotatable bonds is 12. The lowest BCUT2D eigenvalue weighted by Crippen LogP contribution is -2.58. The number of likely N-dealkylation sites (N-methyl/N-ethyl adjacent to an activating group) is 1. The first-order chi connectivity index (χ1) is 10.7. The number of carbonyl (C=O) groups excluding carboxylic acids is 2. The maximum atomic E-state index is 13.1. The Balaban J connectivity index is 4.64. The molecule has 0 radical (unpaired) electrons. The minimum atomic E-state index is -4.58. The summed E-state index contributed by atoms with van der Waals surface area (Å²) in [4.78, 5) is 22.9. The van der Waals surface area contributed by atoms with Gasteiger partial charge in [0, 0.05) is 12.8 Å². The molecule has 2 amide bonds. The van der Waals surface area contributed by atoms with E-state index in [0.717, 1.165) is 25.7 Å². The molecule has 0 heterocycles. The number of carbonyl (C=O) groups is 2. The molecule has 8 heteroatoms. The number of amides is 2. The van der Waals surface area contributed by atoms with E-state index in [4.69, 9.17) is 5.73 Å². The molecule has 0 aliphatic rings. The molecule has 4 N–H and O–H groups in total. The zero-order chi connectivity index (χ0) is 17.9. The molecule has 23 heavy (non-hydrogen) atoms. The monoisotopic (exact) mass is 339 g/mol. The number of hydrogen-bond acceptors (Lipinski definition) is 3. The van der Waals surface area contributed by atoms with Crippen LogP contribution >= 0.6 is 0 Å². The third-order valence-corrected chi connectivity index (χ3v) is 3.45. The summed E-state index contributed by atoms with van der Waals surface area (Å²) < 4.78 is 39.3. The smallest absolute Gasteiger partial charge is 0.370 e. The lowest BCUT2D eigenvalue weighted by Gasteiger charge is -2.29. The second-order valence-corrected chi connectivity index (χ2v) is 5.59. The van der Waals surface area contributed by atoms with Gasteiger partial charge in [0.1, 0.15) is 6.04 Å². The lowest BCUT2D eigenvalue weighted by atomic mass is 10.0. The molecular formula is C15H28F3N3O2. The normalized spacial score (nSPS) is 14.3. The van der Waals surface area contributed by atoms with Gasteiger partial charge in [0.25, 0.3) is 0 Å². The Bertz CT molecular complexity index is 362. The van der Waals surface area contributed by atoms with Crippen LogP contribution < -0.4 is 16.4 Å². The number of nitrogens with one attached hydrogen (secondary N) is 2. The van der Waals surface area contributed by atoms with Crippen LogP contribution in [0.15, 0.2) is 0 Å². The van der Waals surface area contributed by atoms with Gasteiger partial charge in [-0.3, -0.25) is 9.59 Å². The molecule has 0 aromatic carbocycles. The summed E-state index contributed by atoms with van der Waals surface area (Å²) in [5.41, 5.74) is 5.02. The average Bonchev–Trinajstić information content (AvgIpc) is 2.42. The molecule has 5 nitrogen and oxygen atoms in total. The van der Waals surface area contributed by atoms with E-state index in [1.54, 1.807) is 0 Å². The van der Waals surface area contributed by atoms with Crippen LogP contribution in [0.25, 0.3) is 0 Å². The largest absolute Gasteiger partial charge is 0.405 e. The molecule has 136 valence electrons. The quantitative estimate of drug-likeness (QED) is 0.477. The molecule has 0 saturated carbocycles. The van der Waals surface area contributed by atoms with Crippen LogP contribution in [0.2, 0.25) is 0 Å². The summed E-state index contributed by atoms with van der Waals surface area (Å²) in [6.07, 6.45) is -0.369. The van der Waals surface area contributed by atoms with Gasteiger partial charge in [-0.25, -0.2) is 0 Å². The third kappa shape index (κ3) is 10.1. The van der Waals surface area contributed by atoms with E-state index >= 15 is 0 Å². The number of unbranched alkanes of at least 4 members (excludes halogenated alkanes) is 4. The van der Waals surface area contributed by atoms with E-state index in [1.807, 2.05) is 0 Å². The van der Waals surface area contributed by atoms with Crippen LogP contribution in [-0.4, -0.2) is 36.6 Å². The summed E-state index contributed by atoms with van der Waals surface area (Å²) in [5.74, 6) is -1.37. The molecular weight excluding hydrogens is 311 g/mol. The highest BCUT2D eigenvalue weighted by Gasteiger charge is 2.45. The van der Waals surface area contributed by atoms with Crippen molar-refractivity contribution < 1.29 is 22.8 Å². The summed E-state index contributed by atoms with van der Waals surface area (Å²) in [7, 11) is 0. The van der Waals surface area contributed by atoms with E-state index in [9.17, 15) is 22.8 Å². The van der Waals surface area contributed by atoms with Gasteiger partial charge in [0.05, 0.1) is 6.04 Å². The van der Waals surface area contributed by atoms with Gasteiger partial charge in [-0.1, -0.05) is 39.5 Å².